The molecule has 1 heterocycles. The number of esters is 2. The molecule has 0 aromatic heterocycles. The first-order valence-corrected chi connectivity index (χ1v) is 11.6. The Labute approximate surface area is 187 Å². The molecule has 0 saturated heterocycles. The molecule has 3 rings (SSSR count). The Hall–Kier alpha value is -2.78. The van der Waals surface area contributed by atoms with Crippen LogP contribution in [0.2, 0.25) is 0 Å². The minimum atomic E-state index is -3.93. The third kappa shape index (κ3) is 3.91. The highest BCUT2D eigenvalue weighted by molar-refractivity contribution is 7.89. The van der Waals surface area contributed by atoms with Crippen LogP contribution in [0, 0.1) is 12.3 Å². The van der Waals surface area contributed by atoms with Crippen molar-refractivity contribution in [3.63, 3.8) is 0 Å². The van der Waals surface area contributed by atoms with Gasteiger partial charge in [0.1, 0.15) is 0 Å². The number of sulfonamides is 1. The first kappa shape index (κ1) is 23.9. The number of ether oxygens (including phenoxy) is 2. The summed E-state index contributed by atoms with van der Waals surface area (Å²) < 4.78 is 37.5. The molecule has 0 N–H and O–H groups in total. The quantitative estimate of drug-likeness (QED) is 0.500. The average molecular weight is 462 g/mol. The van der Waals surface area contributed by atoms with E-state index in [1.807, 2.05) is 6.92 Å². The highest BCUT2D eigenvalue weighted by Crippen LogP contribution is 2.49. The fourth-order valence-electron chi connectivity index (χ4n) is 4.30. The molecule has 1 aromatic rings. The standard InChI is InChI=1S/C23H27NO7S/c1-14-6-8-17(9-7-14)32(28,29)24-12-15(2)18-10-23(21(26)30-4,22(27)31-5)11-19(18)16(3)20(25)13-24/h6-9H,10-13H2,1-5H3/b18-15-,19-16-. The fraction of sp³-hybridized carbons (Fsp3) is 0.435. The maximum atomic E-state index is 13.3. The van der Waals surface area contributed by atoms with E-state index >= 15 is 0 Å². The number of Topliss-reactive ketones (excluding diaryl/α,β-unsaturated/α-hetero) is 1. The van der Waals surface area contributed by atoms with Crippen LogP contribution in [0.25, 0.3) is 0 Å². The molecule has 1 saturated carbocycles. The van der Waals surface area contributed by atoms with Crippen LogP contribution in [0.1, 0.15) is 32.3 Å². The molecule has 0 unspecified atom stereocenters. The van der Waals surface area contributed by atoms with Crippen LogP contribution in [0.4, 0.5) is 0 Å². The van der Waals surface area contributed by atoms with Crippen LogP contribution in [-0.4, -0.2) is 57.8 Å². The van der Waals surface area contributed by atoms with Crippen LogP contribution < -0.4 is 0 Å². The second-order valence-corrected chi connectivity index (χ2v) is 10.2. The van der Waals surface area contributed by atoms with Gasteiger partial charge in [0, 0.05) is 13.0 Å². The molecule has 0 amide bonds. The Balaban J connectivity index is 2.10. The summed E-state index contributed by atoms with van der Waals surface area (Å²) in [5, 5.41) is 0. The Morgan fingerprint density at radius 2 is 1.44 bits per heavy atom. The average Bonchev–Trinajstić information content (AvgIpc) is 3.18. The monoisotopic (exact) mass is 461 g/mol. The highest BCUT2D eigenvalue weighted by atomic mass is 32.2. The van der Waals surface area contributed by atoms with E-state index < -0.39 is 27.4 Å². The van der Waals surface area contributed by atoms with Crippen molar-refractivity contribution in [2.75, 3.05) is 27.3 Å². The van der Waals surface area contributed by atoms with Gasteiger partial charge in [0.25, 0.3) is 0 Å². The minimum absolute atomic E-state index is 0.0173. The summed E-state index contributed by atoms with van der Waals surface area (Å²) in [6.45, 7) is 4.83. The Bertz CT molecular complexity index is 1130. The van der Waals surface area contributed by atoms with Gasteiger partial charge in [-0.2, -0.15) is 4.31 Å². The zero-order valence-electron chi connectivity index (χ0n) is 18.9. The number of hydrogen-bond donors (Lipinski definition) is 0. The van der Waals surface area contributed by atoms with Crippen LogP contribution in [-0.2, 0) is 33.9 Å². The van der Waals surface area contributed by atoms with Crippen molar-refractivity contribution in [2.45, 2.75) is 38.5 Å². The van der Waals surface area contributed by atoms with Gasteiger partial charge < -0.3 is 9.47 Å². The SMILES string of the molecule is COC(=O)C1(C(=O)OC)CC2=C(\C)CN(S(=O)(=O)c3ccc(C)cc3)CC(=O)/C(C)=C\2C1. The maximum absolute atomic E-state index is 13.3. The zero-order valence-corrected chi connectivity index (χ0v) is 19.7. The number of allylic oxidation sites excluding steroid dienone is 2. The van der Waals surface area contributed by atoms with E-state index in [4.69, 9.17) is 9.47 Å². The molecule has 1 aliphatic heterocycles. The highest BCUT2D eigenvalue weighted by Gasteiger charge is 2.55. The van der Waals surface area contributed by atoms with Crippen LogP contribution in [0.15, 0.2) is 51.5 Å². The third-order valence-electron chi connectivity index (χ3n) is 6.25. The molecule has 9 heteroatoms. The van der Waals surface area contributed by atoms with Gasteiger partial charge in [-0.05, 0) is 56.0 Å². The summed E-state index contributed by atoms with van der Waals surface area (Å²) in [4.78, 5) is 38.4. The molecule has 0 atom stereocenters. The topological polar surface area (TPSA) is 107 Å². The molecule has 0 spiro atoms. The molecular formula is C23H27NO7S. The fourth-order valence-corrected chi connectivity index (χ4v) is 5.73. The summed E-state index contributed by atoms with van der Waals surface area (Å²) in [6, 6.07) is 6.43. The molecule has 32 heavy (non-hydrogen) atoms. The molecule has 1 aliphatic carbocycles. The van der Waals surface area contributed by atoms with Gasteiger partial charge in [0.05, 0.1) is 25.7 Å². The normalized spacial score (nSPS) is 23.8. The first-order valence-electron chi connectivity index (χ1n) is 10.1. The second-order valence-electron chi connectivity index (χ2n) is 8.29. The van der Waals surface area contributed by atoms with Crippen LogP contribution in [0.5, 0.6) is 0 Å². The zero-order chi connectivity index (χ0) is 23.8. The molecule has 2 aliphatic rings. The van der Waals surface area contributed by atoms with Crippen molar-refractivity contribution in [1.82, 2.24) is 4.31 Å². The number of ketones is 1. The van der Waals surface area contributed by atoms with Crippen molar-refractivity contribution in [3.05, 3.63) is 52.1 Å². The predicted octanol–water partition coefficient (Wildman–Crippen LogP) is 2.33. The number of carbonyl (C=O) groups is 3. The van der Waals surface area contributed by atoms with E-state index in [2.05, 4.69) is 0 Å². The number of aryl methyl sites for hydroxylation is 1. The summed E-state index contributed by atoms with van der Waals surface area (Å²) in [5.41, 5.74) is 1.52. The maximum Gasteiger partial charge on any atom is 0.323 e. The van der Waals surface area contributed by atoms with Crippen molar-refractivity contribution < 1.29 is 32.3 Å². The molecule has 1 aromatic carbocycles. The van der Waals surface area contributed by atoms with E-state index in [1.165, 1.54) is 26.4 Å². The number of carbonyl (C=O) groups excluding carboxylic acids is 3. The van der Waals surface area contributed by atoms with E-state index in [0.717, 1.165) is 9.87 Å². The first-order chi connectivity index (χ1) is 15.0. The molecule has 8 nitrogen and oxygen atoms in total. The number of rotatable bonds is 4. The summed E-state index contributed by atoms with van der Waals surface area (Å²) in [6.07, 6.45) is -0.0438. The molecule has 172 valence electrons. The minimum Gasteiger partial charge on any atom is -0.468 e. The Kier molecular flexibility index (Phi) is 6.44. The number of nitrogens with zero attached hydrogens (tertiary/aromatic N) is 1. The van der Waals surface area contributed by atoms with Gasteiger partial charge in [0.2, 0.25) is 10.0 Å². The lowest BCUT2D eigenvalue weighted by Gasteiger charge is -2.26. The lowest BCUT2D eigenvalue weighted by molar-refractivity contribution is -0.168. The predicted molar refractivity (Wildman–Crippen MR) is 116 cm³/mol. The number of hydrogen-bond acceptors (Lipinski definition) is 7. The number of benzene rings is 1. The summed E-state index contributed by atoms with van der Waals surface area (Å²) in [7, 11) is -1.55. The van der Waals surface area contributed by atoms with Crippen molar-refractivity contribution in [3.8, 4) is 0 Å². The van der Waals surface area contributed by atoms with Gasteiger partial charge in [-0.1, -0.05) is 23.3 Å². The third-order valence-corrected chi connectivity index (χ3v) is 8.06. The molecule has 1 fully saturated rings. The smallest absolute Gasteiger partial charge is 0.323 e. The largest absolute Gasteiger partial charge is 0.468 e. The van der Waals surface area contributed by atoms with Gasteiger partial charge in [-0.3, -0.25) is 14.4 Å². The number of methoxy groups -OCH3 is 2. The van der Waals surface area contributed by atoms with Crippen molar-refractivity contribution >= 4 is 27.7 Å². The van der Waals surface area contributed by atoms with Crippen LogP contribution in [0.3, 0.4) is 0 Å². The Morgan fingerprint density at radius 1 is 0.906 bits per heavy atom. The lowest BCUT2D eigenvalue weighted by Crippen LogP contribution is -2.39. The summed E-state index contributed by atoms with van der Waals surface area (Å²) in [5.74, 6) is -1.87. The van der Waals surface area contributed by atoms with E-state index in [0.29, 0.717) is 22.3 Å². The molecular weight excluding hydrogens is 434 g/mol. The van der Waals surface area contributed by atoms with Crippen LogP contribution >= 0.6 is 0 Å². The van der Waals surface area contributed by atoms with E-state index in [1.54, 1.807) is 26.0 Å². The van der Waals surface area contributed by atoms with E-state index in [-0.39, 0.29) is 36.6 Å². The lowest BCUT2D eigenvalue weighted by atomic mass is 9.85. The molecule has 0 bridgehead atoms. The van der Waals surface area contributed by atoms with Crippen molar-refractivity contribution in [1.29, 1.82) is 0 Å². The van der Waals surface area contributed by atoms with Gasteiger partial charge in [0.15, 0.2) is 11.2 Å². The second kappa shape index (κ2) is 8.63. The van der Waals surface area contributed by atoms with Crippen molar-refractivity contribution in [2.24, 2.45) is 5.41 Å². The van der Waals surface area contributed by atoms with Gasteiger partial charge >= 0.3 is 11.9 Å². The number of fused-ring (bicyclic) bond motifs is 1. The molecule has 0 radical (unpaired) electrons. The van der Waals surface area contributed by atoms with E-state index in [9.17, 15) is 22.8 Å². The van der Waals surface area contributed by atoms with Gasteiger partial charge in [-0.15, -0.1) is 0 Å². The Morgan fingerprint density at radius 3 is 1.97 bits per heavy atom. The summed E-state index contributed by atoms with van der Waals surface area (Å²) >= 11 is 0. The van der Waals surface area contributed by atoms with Gasteiger partial charge in [-0.25, -0.2) is 8.42 Å².